The number of amides is 1. The van der Waals surface area contributed by atoms with E-state index in [4.69, 9.17) is 9.47 Å². The lowest BCUT2D eigenvalue weighted by Gasteiger charge is -2.27. The molecule has 5 heteroatoms. The van der Waals surface area contributed by atoms with Crippen molar-refractivity contribution in [3.8, 4) is 11.5 Å². The summed E-state index contributed by atoms with van der Waals surface area (Å²) in [6.07, 6.45) is 0. The van der Waals surface area contributed by atoms with Crippen molar-refractivity contribution < 1.29 is 14.3 Å². The standard InChI is InChI=1S/C14H20N2O3/c1-9-4-12(18-2)13(19-3)5-11(9)14(17)16-8-10-6-15-7-10/h4-5,10,15H,6-8H2,1-3H3,(H,16,17). The lowest BCUT2D eigenvalue weighted by molar-refractivity contribution is 0.0941. The average Bonchev–Trinajstić information content (AvgIpc) is 2.36. The molecule has 0 bridgehead atoms. The number of carbonyl (C=O) groups excluding carboxylic acids is 1. The third-order valence-corrected chi connectivity index (χ3v) is 3.39. The van der Waals surface area contributed by atoms with E-state index in [0.717, 1.165) is 18.7 Å². The quantitative estimate of drug-likeness (QED) is 0.831. The van der Waals surface area contributed by atoms with Gasteiger partial charge in [-0.05, 0) is 24.6 Å². The number of aryl methyl sites for hydroxylation is 1. The van der Waals surface area contributed by atoms with E-state index >= 15 is 0 Å². The number of hydrogen-bond donors (Lipinski definition) is 2. The molecule has 1 saturated heterocycles. The van der Waals surface area contributed by atoms with Gasteiger partial charge in [0.05, 0.1) is 14.2 Å². The van der Waals surface area contributed by atoms with E-state index in [2.05, 4.69) is 10.6 Å². The van der Waals surface area contributed by atoms with Gasteiger partial charge in [-0.3, -0.25) is 4.79 Å². The highest BCUT2D eigenvalue weighted by molar-refractivity contribution is 5.96. The van der Waals surface area contributed by atoms with Gasteiger partial charge in [-0.25, -0.2) is 0 Å². The van der Waals surface area contributed by atoms with Gasteiger partial charge in [0, 0.05) is 31.1 Å². The first-order valence-electron chi connectivity index (χ1n) is 6.37. The number of nitrogens with one attached hydrogen (secondary N) is 2. The minimum Gasteiger partial charge on any atom is -0.493 e. The summed E-state index contributed by atoms with van der Waals surface area (Å²) in [5.41, 5.74) is 1.51. The monoisotopic (exact) mass is 264 g/mol. The Balaban J connectivity index is 2.11. The molecule has 0 atom stereocenters. The molecule has 1 aromatic carbocycles. The van der Waals surface area contributed by atoms with Crippen LogP contribution in [-0.4, -0.2) is 39.8 Å². The lowest BCUT2D eigenvalue weighted by atomic mass is 10.0. The molecular formula is C14H20N2O3. The minimum absolute atomic E-state index is 0.0645. The Labute approximate surface area is 113 Å². The maximum atomic E-state index is 12.1. The highest BCUT2D eigenvalue weighted by atomic mass is 16.5. The van der Waals surface area contributed by atoms with E-state index in [0.29, 0.717) is 29.5 Å². The summed E-state index contributed by atoms with van der Waals surface area (Å²) in [6.45, 7) is 4.55. The SMILES string of the molecule is COc1cc(C)c(C(=O)NCC2CNC2)cc1OC. The Bertz CT molecular complexity index is 470. The summed E-state index contributed by atoms with van der Waals surface area (Å²) in [7, 11) is 3.15. The van der Waals surface area contributed by atoms with Crippen molar-refractivity contribution in [1.29, 1.82) is 0 Å². The van der Waals surface area contributed by atoms with E-state index in [-0.39, 0.29) is 5.91 Å². The molecule has 1 aliphatic heterocycles. The summed E-state index contributed by atoms with van der Waals surface area (Å²) >= 11 is 0. The maximum absolute atomic E-state index is 12.1. The molecule has 0 spiro atoms. The summed E-state index contributed by atoms with van der Waals surface area (Å²) in [5, 5.41) is 6.14. The van der Waals surface area contributed by atoms with Gasteiger partial charge >= 0.3 is 0 Å². The first kappa shape index (κ1) is 13.7. The first-order valence-corrected chi connectivity index (χ1v) is 6.37. The largest absolute Gasteiger partial charge is 0.493 e. The Morgan fingerprint density at radius 3 is 2.47 bits per heavy atom. The van der Waals surface area contributed by atoms with Crippen LogP contribution in [0.4, 0.5) is 0 Å². The first-order chi connectivity index (χ1) is 9.15. The van der Waals surface area contributed by atoms with Crippen LogP contribution in [0.1, 0.15) is 15.9 Å². The molecule has 0 radical (unpaired) electrons. The van der Waals surface area contributed by atoms with Crippen molar-refractivity contribution in [2.45, 2.75) is 6.92 Å². The number of benzene rings is 1. The zero-order valence-electron chi connectivity index (χ0n) is 11.6. The van der Waals surface area contributed by atoms with E-state index < -0.39 is 0 Å². The molecule has 2 N–H and O–H groups in total. The van der Waals surface area contributed by atoms with Crippen molar-refractivity contribution >= 4 is 5.91 Å². The van der Waals surface area contributed by atoms with Crippen molar-refractivity contribution in [3.05, 3.63) is 23.3 Å². The van der Waals surface area contributed by atoms with Crippen LogP contribution in [0, 0.1) is 12.8 Å². The minimum atomic E-state index is -0.0645. The van der Waals surface area contributed by atoms with Crippen molar-refractivity contribution in [3.63, 3.8) is 0 Å². The zero-order chi connectivity index (χ0) is 13.8. The summed E-state index contributed by atoms with van der Waals surface area (Å²) in [5.74, 6) is 1.69. The van der Waals surface area contributed by atoms with Crippen LogP contribution in [0.5, 0.6) is 11.5 Å². The van der Waals surface area contributed by atoms with Crippen molar-refractivity contribution in [1.82, 2.24) is 10.6 Å². The maximum Gasteiger partial charge on any atom is 0.251 e. The van der Waals surface area contributed by atoms with Crippen LogP contribution in [0.25, 0.3) is 0 Å². The zero-order valence-corrected chi connectivity index (χ0v) is 11.6. The fourth-order valence-electron chi connectivity index (χ4n) is 2.05. The van der Waals surface area contributed by atoms with Crippen LogP contribution in [-0.2, 0) is 0 Å². The second-order valence-electron chi connectivity index (χ2n) is 4.76. The number of hydrogen-bond acceptors (Lipinski definition) is 4. The van der Waals surface area contributed by atoms with Gasteiger partial charge in [0.1, 0.15) is 0 Å². The molecule has 1 fully saturated rings. The smallest absolute Gasteiger partial charge is 0.251 e. The topological polar surface area (TPSA) is 59.6 Å². The lowest BCUT2D eigenvalue weighted by Crippen LogP contribution is -2.48. The van der Waals surface area contributed by atoms with Crippen LogP contribution in [0.3, 0.4) is 0 Å². The Morgan fingerprint density at radius 1 is 1.32 bits per heavy atom. The predicted molar refractivity (Wildman–Crippen MR) is 73.0 cm³/mol. The highest BCUT2D eigenvalue weighted by Gasteiger charge is 2.19. The van der Waals surface area contributed by atoms with E-state index in [9.17, 15) is 4.79 Å². The number of ether oxygens (including phenoxy) is 2. The molecule has 1 aromatic rings. The molecule has 0 unspecified atom stereocenters. The van der Waals surface area contributed by atoms with Crippen LogP contribution in [0.15, 0.2) is 12.1 Å². The fourth-order valence-corrected chi connectivity index (χ4v) is 2.05. The molecule has 1 aliphatic rings. The summed E-state index contributed by atoms with van der Waals surface area (Å²) in [6, 6.07) is 3.54. The predicted octanol–water partition coefficient (Wildman–Crippen LogP) is 0.961. The van der Waals surface area contributed by atoms with Crippen LogP contribution in [0.2, 0.25) is 0 Å². The van der Waals surface area contributed by atoms with Gasteiger partial charge in [0.15, 0.2) is 11.5 Å². The molecule has 104 valence electrons. The summed E-state index contributed by atoms with van der Waals surface area (Å²) in [4.78, 5) is 12.1. The van der Waals surface area contributed by atoms with Crippen molar-refractivity contribution in [2.75, 3.05) is 33.9 Å². The molecule has 0 aromatic heterocycles. The Morgan fingerprint density at radius 2 is 1.95 bits per heavy atom. The van der Waals surface area contributed by atoms with Crippen LogP contribution >= 0.6 is 0 Å². The van der Waals surface area contributed by atoms with Gasteiger partial charge in [-0.2, -0.15) is 0 Å². The molecular weight excluding hydrogens is 244 g/mol. The van der Waals surface area contributed by atoms with Gasteiger partial charge in [0.2, 0.25) is 0 Å². The van der Waals surface area contributed by atoms with Crippen molar-refractivity contribution in [2.24, 2.45) is 5.92 Å². The Hall–Kier alpha value is -1.75. The molecule has 19 heavy (non-hydrogen) atoms. The Kier molecular flexibility index (Phi) is 4.27. The van der Waals surface area contributed by atoms with Crippen LogP contribution < -0.4 is 20.1 Å². The van der Waals surface area contributed by atoms with Gasteiger partial charge in [0.25, 0.3) is 5.91 Å². The molecule has 0 saturated carbocycles. The molecule has 1 amide bonds. The second-order valence-corrected chi connectivity index (χ2v) is 4.76. The third kappa shape index (κ3) is 2.98. The third-order valence-electron chi connectivity index (χ3n) is 3.39. The fraction of sp³-hybridized carbons (Fsp3) is 0.500. The second kappa shape index (κ2) is 5.93. The summed E-state index contributed by atoms with van der Waals surface area (Å²) < 4.78 is 10.4. The van der Waals surface area contributed by atoms with Gasteiger partial charge < -0.3 is 20.1 Å². The van der Waals surface area contributed by atoms with Gasteiger partial charge in [-0.15, -0.1) is 0 Å². The number of rotatable bonds is 5. The van der Waals surface area contributed by atoms with E-state index in [1.54, 1.807) is 20.3 Å². The van der Waals surface area contributed by atoms with E-state index in [1.807, 2.05) is 13.0 Å². The molecule has 2 rings (SSSR count). The van der Waals surface area contributed by atoms with Gasteiger partial charge in [-0.1, -0.05) is 0 Å². The molecule has 5 nitrogen and oxygen atoms in total. The molecule has 1 heterocycles. The number of carbonyl (C=O) groups is 1. The highest BCUT2D eigenvalue weighted by Crippen LogP contribution is 2.30. The number of methoxy groups -OCH3 is 2. The normalized spacial score (nSPS) is 14.7. The van der Waals surface area contributed by atoms with E-state index in [1.165, 1.54) is 0 Å². The average molecular weight is 264 g/mol. The molecule has 0 aliphatic carbocycles.